The van der Waals surface area contributed by atoms with Crippen LogP contribution in [0.15, 0.2) is 4.99 Å². The zero-order valence-corrected chi connectivity index (χ0v) is 44.4. The van der Waals surface area contributed by atoms with Crippen LogP contribution in [0.1, 0.15) is 122 Å². The minimum atomic E-state index is -2.77. The Bertz CT molecular complexity index is 2200. The summed E-state index contributed by atoms with van der Waals surface area (Å²) < 4.78 is 5.71. The van der Waals surface area contributed by atoms with Crippen LogP contribution in [0.2, 0.25) is 0 Å². The molecule has 0 bridgehead atoms. The number of ether oxygens (including phenoxy) is 1. The number of carbonyl (C=O) groups excluding carboxylic acids is 9. The number of aliphatic carboxylic acids is 2. The van der Waals surface area contributed by atoms with Crippen molar-refractivity contribution in [3.8, 4) is 0 Å². The van der Waals surface area contributed by atoms with Crippen LogP contribution in [0.4, 0.5) is 0 Å². The molecule has 444 valence electrons. The number of cyclic esters (lactones) is 1. The predicted octanol–water partition coefficient (Wildman–Crippen LogP) is -5.48. The second-order valence-corrected chi connectivity index (χ2v) is 20.2. The van der Waals surface area contributed by atoms with E-state index in [2.05, 4.69) is 27.9 Å². The molecule has 0 aromatic heterocycles. The molecule has 4 saturated heterocycles. The number of hydrogen-bond acceptors (Lipinski definition) is 18. The first-order valence-electron chi connectivity index (χ1n) is 26.9. The van der Waals surface area contributed by atoms with Gasteiger partial charge in [-0.15, -0.1) is 0 Å². The number of nitrogens with zero attached hydrogens (tertiary/aromatic N) is 4. The van der Waals surface area contributed by atoms with Crippen LogP contribution in [-0.4, -0.2) is 234 Å². The molecule has 0 radical (unpaired) electrons. The van der Waals surface area contributed by atoms with Gasteiger partial charge in [-0.3, -0.25) is 43.3 Å². The zero-order valence-electron chi connectivity index (χ0n) is 44.4. The van der Waals surface area contributed by atoms with E-state index in [0.717, 1.165) is 49.8 Å². The Hall–Kier alpha value is -6.76. The number of fused-ring (bicyclic) bond motifs is 3. The first-order valence-corrected chi connectivity index (χ1v) is 26.9. The highest BCUT2D eigenvalue weighted by atomic mass is 16.5. The molecule has 30 heteroatoms. The summed E-state index contributed by atoms with van der Waals surface area (Å²) in [5, 5.41) is 83.9. The number of hydrogen-bond donors (Lipinski definition) is 14. The molecule has 30 nitrogen and oxygen atoms in total. The number of esters is 1. The van der Waals surface area contributed by atoms with Crippen LogP contribution in [0.5, 0.6) is 0 Å². The Labute approximate surface area is 455 Å². The largest absolute Gasteiger partial charge is 0.479 e. The zero-order chi connectivity index (χ0) is 58.5. The van der Waals surface area contributed by atoms with Crippen molar-refractivity contribution in [2.45, 2.75) is 195 Å². The Morgan fingerprint density at radius 3 is 1.68 bits per heavy atom. The van der Waals surface area contributed by atoms with Crippen LogP contribution >= 0.6 is 0 Å². The summed E-state index contributed by atoms with van der Waals surface area (Å²) in [7, 11) is 0. The number of unbranched alkanes of at least 4 members (excludes halogenated alkanes) is 8. The molecule has 79 heavy (non-hydrogen) atoms. The number of aliphatic hydroxyl groups excluding tert-OH is 5. The lowest BCUT2D eigenvalue weighted by atomic mass is 10.0. The quantitative estimate of drug-likeness (QED) is 0.0234. The number of nitrogens with two attached hydrogens (primary N) is 2. The summed E-state index contributed by atoms with van der Waals surface area (Å²) in [5.74, 6) is -15.0. The van der Waals surface area contributed by atoms with Crippen molar-refractivity contribution in [2.24, 2.45) is 16.5 Å². The summed E-state index contributed by atoms with van der Waals surface area (Å²) in [5.41, 5.74) is 10.9. The van der Waals surface area contributed by atoms with E-state index >= 15 is 0 Å². The van der Waals surface area contributed by atoms with Crippen molar-refractivity contribution >= 4 is 71.1 Å². The molecular formula is C49H79N11O19. The second kappa shape index (κ2) is 31.7. The number of carbonyl (C=O) groups is 11. The van der Waals surface area contributed by atoms with E-state index in [9.17, 15) is 88.5 Å². The van der Waals surface area contributed by atoms with Crippen LogP contribution in [0.3, 0.4) is 0 Å². The van der Waals surface area contributed by atoms with Gasteiger partial charge in [0.25, 0.3) is 0 Å². The maximum Gasteiger partial charge on any atom is 0.335 e. The van der Waals surface area contributed by atoms with Gasteiger partial charge in [0.15, 0.2) is 24.2 Å². The van der Waals surface area contributed by atoms with E-state index in [1.54, 1.807) is 0 Å². The maximum absolute atomic E-state index is 14.2. The van der Waals surface area contributed by atoms with Crippen LogP contribution in [0, 0.1) is 0 Å². The number of aliphatic imine (C=N–C) groups is 1. The summed E-state index contributed by atoms with van der Waals surface area (Å²) in [6.07, 6.45) is -1.19. The topological polar surface area (TPSA) is 473 Å². The lowest BCUT2D eigenvalue weighted by Gasteiger charge is -2.32. The van der Waals surface area contributed by atoms with E-state index in [1.165, 1.54) is 4.90 Å². The third-order valence-corrected chi connectivity index (χ3v) is 14.3. The lowest BCUT2D eigenvalue weighted by molar-refractivity contribution is -0.165. The summed E-state index contributed by atoms with van der Waals surface area (Å²) in [6.45, 7) is -0.996. The molecule has 0 aromatic rings. The highest BCUT2D eigenvalue weighted by Crippen LogP contribution is 2.25. The van der Waals surface area contributed by atoms with E-state index in [-0.39, 0.29) is 64.1 Å². The number of carboxylic acids is 2. The average molecular weight is 1130 g/mol. The van der Waals surface area contributed by atoms with E-state index in [4.69, 9.17) is 16.2 Å². The molecule has 12 atom stereocenters. The fourth-order valence-electron chi connectivity index (χ4n) is 10.1. The molecule has 0 spiro atoms. The number of carboxylic acid groups (broad SMARTS) is 2. The minimum absolute atomic E-state index is 0.00755. The van der Waals surface area contributed by atoms with Crippen molar-refractivity contribution in [1.29, 1.82) is 0 Å². The van der Waals surface area contributed by atoms with Gasteiger partial charge < -0.3 is 93.2 Å². The third-order valence-electron chi connectivity index (χ3n) is 14.3. The maximum atomic E-state index is 14.2. The molecule has 1 unspecified atom stereocenters. The SMILES string of the molecule is CCCCCCCCCCCC1CC(=O)N2CCC[C@@H]2C(=O)N[C@H](CO)C(=O)N2CCC[C@H]2C(=O)N[C@@H](CCCN=C(N)N)C(=O)N[C@H]([C@@H](O)C(=O)O)C(=O)N[C@H](CO)C(=O)N2C[C@H](O)C[C@H]2C(=O)N[C@@H]([C@H](O)C(=O)O)C(=O)O1. The lowest BCUT2D eigenvalue weighted by Crippen LogP contribution is -2.63. The van der Waals surface area contributed by atoms with Gasteiger partial charge in [-0.2, -0.15) is 0 Å². The minimum Gasteiger partial charge on any atom is -0.479 e. The number of guanidine groups is 1. The molecular weight excluding hydrogens is 1050 g/mol. The highest BCUT2D eigenvalue weighted by molar-refractivity contribution is 6.00. The van der Waals surface area contributed by atoms with Gasteiger partial charge >= 0.3 is 17.9 Å². The summed E-state index contributed by atoms with van der Waals surface area (Å²) in [4.78, 5) is 157. The van der Waals surface area contributed by atoms with Gasteiger partial charge in [0, 0.05) is 32.6 Å². The van der Waals surface area contributed by atoms with Crippen LogP contribution < -0.4 is 38.1 Å². The predicted molar refractivity (Wildman–Crippen MR) is 273 cm³/mol. The van der Waals surface area contributed by atoms with Crippen molar-refractivity contribution in [3.05, 3.63) is 0 Å². The normalized spacial score (nSPS) is 28.1. The third kappa shape index (κ3) is 18.7. The van der Waals surface area contributed by atoms with Gasteiger partial charge in [-0.05, 0) is 51.4 Å². The van der Waals surface area contributed by atoms with Crippen molar-refractivity contribution in [3.63, 3.8) is 0 Å². The number of amides is 8. The van der Waals surface area contributed by atoms with Crippen molar-refractivity contribution in [1.82, 2.24) is 41.3 Å². The fraction of sp³-hybridized carbons (Fsp3) is 0.755. The molecule has 0 aromatic carbocycles. The molecule has 4 aliphatic heterocycles. The van der Waals surface area contributed by atoms with Crippen molar-refractivity contribution in [2.75, 3.05) is 39.4 Å². The van der Waals surface area contributed by atoms with E-state index in [0.29, 0.717) is 24.2 Å². The highest BCUT2D eigenvalue weighted by Gasteiger charge is 2.47. The molecule has 16 N–H and O–H groups in total. The Morgan fingerprint density at radius 1 is 0.620 bits per heavy atom. The van der Waals surface area contributed by atoms with Crippen molar-refractivity contribution < 1.29 is 93.2 Å². The smallest absolute Gasteiger partial charge is 0.335 e. The van der Waals surface area contributed by atoms with E-state index in [1.807, 2.05) is 10.6 Å². The monoisotopic (exact) mass is 1130 g/mol. The molecule has 0 aliphatic carbocycles. The van der Waals surface area contributed by atoms with Gasteiger partial charge in [-0.25, -0.2) is 14.4 Å². The molecule has 4 heterocycles. The Balaban J connectivity index is 1.76. The van der Waals surface area contributed by atoms with Gasteiger partial charge in [0.2, 0.25) is 47.3 Å². The number of aliphatic hydroxyl groups is 5. The molecule has 8 amide bonds. The fourth-order valence-corrected chi connectivity index (χ4v) is 10.1. The van der Waals surface area contributed by atoms with Crippen LogP contribution in [-0.2, 0) is 57.5 Å². The summed E-state index contributed by atoms with van der Waals surface area (Å²) >= 11 is 0. The molecule has 4 rings (SSSR count). The number of rotatable bonds is 20. The summed E-state index contributed by atoms with van der Waals surface area (Å²) in [6, 6.07) is -14.7. The molecule has 4 aliphatic rings. The first-order chi connectivity index (χ1) is 37.5. The molecule has 4 fully saturated rings. The first kappa shape index (κ1) is 64.8. The van der Waals surface area contributed by atoms with Gasteiger partial charge in [0.1, 0.15) is 48.4 Å². The van der Waals surface area contributed by atoms with Gasteiger partial charge in [-0.1, -0.05) is 58.3 Å². The standard InChI is InChI=1S/C49H79N11O19/c1-2-3-4-5-6-7-8-9-10-14-27-22-34(64)58-19-12-16-31(58)40(68)54-29(24-61)44(72)59-20-13-17-32(59)41(69)53-28(15-11-18-52-49(50)51)39(67)56-35(37(65)46(74)75)43(71)55-30(25-62)45(73)60-23-26(63)21-33(60)42(70)57-36(48(78)79-27)38(66)47(76)77/h26-33,35-38,61-63,65-66H,2-25H2,1H3,(H,53,69)(H,54,68)(H,55,71)(H,56,67)(H,57,70)(H,74,75)(H,76,77)(H4,50,51,52)/t26-,27?,28+,29-,30-,31-,32+,33+,35-,36+,37-,38+/m1/s1. The van der Waals surface area contributed by atoms with Crippen LogP contribution in [0.25, 0.3) is 0 Å². The second-order valence-electron chi connectivity index (χ2n) is 20.2. The van der Waals surface area contributed by atoms with Gasteiger partial charge in [0.05, 0.1) is 25.7 Å². The number of nitrogens with one attached hydrogen (secondary N) is 5. The van der Waals surface area contributed by atoms with E-state index < -0.39 is 171 Å². The average Bonchev–Trinajstić information content (AvgIpc) is 4.24. The Morgan fingerprint density at radius 2 is 1.11 bits per heavy atom. The molecule has 0 saturated carbocycles. The Kier molecular flexibility index (Phi) is 26.0.